The van der Waals surface area contributed by atoms with Crippen LogP contribution in [-0.4, -0.2) is 48.2 Å². The van der Waals surface area contributed by atoms with Gasteiger partial charge in [0.25, 0.3) is 0 Å². The number of carboxylic acid groups (broad SMARTS) is 1. The van der Waals surface area contributed by atoms with Crippen molar-refractivity contribution in [2.75, 3.05) is 13.2 Å². The molecule has 1 atom stereocenters. The number of carbonyl (C=O) groups excluding carboxylic acids is 2. The Bertz CT molecular complexity index is 373. The number of alkyl carbamates (subject to hydrolysis) is 1. The Morgan fingerprint density at radius 2 is 1.62 bits per heavy atom. The molecular weight excluding hydrogens is 282 g/mol. The van der Waals surface area contributed by atoms with Gasteiger partial charge in [-0.2, -0.15) is 0 Å². The van der Waals surface area contributed by atoms with E-state index < -0.39 is 29.9 Å². The van der Waals surface area contributed by atoms with Gasteiger partial charge in [0.1, 0.15) is 24.9 Å². The van der Waals surface area contributed by atoms with E-state index in [9.17, 15) is 14.4 Å². The molecule has 0 aliphatic rings. The quantitative estimate of drug-likeness (QED) is 0.437. The highest BCUT2D eigenvalue weighted by atomic mass is 16.7. The van der Waals surface area contributed by atoms with Crippen molar-refractivity contribution in [3.63, 3.8) is 0 Å². The molecule has 0 heterocycles. The normalized spacial score (nSPS) is 12.5. The van der Waals surface area contributed by atoms with Gasteiger partial charge in [-0.25, -0.2) is 14.4 Å². The van der Waals surface area contributed by atoms with E-state index in [2.05, 4.69) is 10.1 Å². The third-order valence-corrected chi connectivity index (χ3v) is 2.15. The third kappa shape index (κ3) is 9.53. The molecule has 0 aromatic rings. The Morgan fingerprint density at radius 3 is 2.05 bits per heavy atom. The standard InChI is InChI=1S/C13H23NO7/c1-8(2)9(14-11(16)21-13(3,4)5)10(15)19-6-7-20-12(17)18/h8-9H,6-7H2,1-5H3,(H,14,16)(H,17,18). The number of carbonyl (C=O) groups is 3. The molecule has 0 saturated heterocycles. The molecular formula is C13H23NO7. The van der Waals surface area contributed by atoms with Crippen molar-refractivity contribution < 1.29 is 33.7 Å². The highest BCUT2D eigenvalue weighted by molar-refractivity contribution is 5.81. The van der Waals surface area contributed by atoms with Crippen molar-refractivity contribution in [2.24, 2.45) is 5.92 Å². The Balaban J connectivity index is 4.37. The van der Waals surface area contributed by atoms with Crippen molar-refractivity contribution in [3.8, 4) is 0 Å². The van der Waals surface area contributed by atoms with E-state index in [1.165, 1.54) is 0 Å². The lowest BCUT2D eigenvalue weighted by molar-refractivity contribution is -0.148. The van der Waals surface area contributed by atoms with Gasteiger partial charge >= 0.3 is 18.2 Å². The second-order valence-corrected chi connectivity index (χ2v) is 5.65. The molecule has 8 heteroatoms. The van der Waals surface area contributed by atoms with Gasteiger partial charge in [-0.1, -0.05) is 13.8 Å². The molecule has 0 bridgehead atoms. The average Bonchev–Trinajstić information content (AvgIpc) is 2.28. The summed E-state index contributed by atoms with van der Waals surface area (Å²) in [7, 11) is 0. The van der Waals surface area contributed by atoms with E-state index in [4.69, 9.17) is 14.6 Å². The number of nitrogens with one attached hydrogen (secondary N) is 1. The molecule has 8 nitrogen and oxygen atoms in total. The number of hydrogen-bond acceptors (Lipinski definition) is 6. The molecule has 0 spiro atoms. The SMILES string of the molecule is CC(C)C(NC(=O)OC(C)(C)C)C(=O)OCCOC(=O)O. The molecule has 1 amide bonds. The molecule has 0 aliphatic heterocycles. The minimum atomic E-state index is -1.45. The van der Waals surface area contributed by atoms with Gasteiger partial charge in [0.05, 0.1) is 0 Å². The lowest BCUT2D eigenvalue weighted by Gasteiger charge is -2.24. The summed E-state index contributed by atoms with van der Waals surface area (Å²) in [6.07, 6.45) is -2.17. The van der Waals surface area contributed by atoms with E-state index >= 15 is 0 Å². The highest BCUT2D eigenvalue weighted by Gasteiger charge is 2.28. The maximum absolute atomic E-state index is 11.8. The van der Waals surface area contributed by atoms with Gasteiger partial charge < -0.3 is 24.6 Å². The average molecular weight is 305 g/mol. The Hall–Kier alpha value is -1.99. The van der Waals surface area contributed by atoms with Gasteiger partial charge in [-0.05, 0) is 26.7 Å². The van der Waals surface area contributed by atoms with Crippen LogP contribution < -0.4 is 5.32 Å². The molecule has 122 valence electrons. The first-order valence-corrected chi connectivity index (χ1v) is 6.55. The number of rotatable bonds is 6. The topological polar surface area (TPSA) is 111 Å². The Kier molecular flexibility index (Phi) is 7.54. The largest absolute Gasteiger partial charge is 0.505 e. The summed E-state index contributed by atoms with van der Waals surface area (Å²) in [6, 6.07) is -0.885. The molecule has 2 N–H and O–H groups in total. The molecule has 0 fully saturated rings. The molecule has 0 rings (SSSR count). The molecule has 0 aromatic carbocycles. The number of hydrogen-bond donors (Lipinski definition) is 2. The van der Waals surface area contributed by atoms with Crippen LogP contribution in [0.15, 0.2) is 0 Å². The molecule has 0 saturated carbocycles. The highest BCUT2D eigenvalue weighted by Crippen LogP contribution is 2.09. The van der Waals surface area contributed by atoms with Crippen molar-refractivity contribution >= 4 is 18.2 Å². The van der Waals surface area contributed by atoms with E-state index in [0.717, 1.165) is 0 Å². The van der Waals surface area contributed by atoms with Gasteiger partial charge in [0, 0.05) is 0 Å². The summed E-state index contributed by atoms with van der Waals surface area (Å²) in [6.45, 7) is 8.10. The zero-order valence-electron chi connectivity index (χ0n) is 13.0. The fraction of sp³-hybridized carbons (Fsp3) is 0.769. The van der Waals surface area contributed by atoms with E-state index in [-0.39, 0.29) is 19.1 Å². The summed E-state index contributed by atoms with van der Waals surface area (Å²) in [5.74, 6) is -0.893. The van der Waals surface area contributed by atoms with Gasteiger partial charge in [-0.15, -0.1) is 0 Å². The second kappa shape index (κ2) is 8.33. The predicted octanol–water partition coefficient (Wildman–Crippen LogP) is 1.77. The third-order valence-electron chi connectivity index (χ3n) is 2.15. The van der Waals surface area contributed by atoms with E-state index in [1.807, 2.05) is 0 Å². The van der Waals surface area contributed by atoms with Crippen LogP contribution in [0.2, 0.25) is 0 Å². The minimum absolute atomic E-state index is 0.217. The number of esters is 1. The van der Waals surface area contributed by atoms with Gasteiger partial charge in [-0.3, -0.25) is 0 Å². The monoisotopic (exact) mass is 305 g/mol. The Morgan fingerprint density at radius 1 is 1.10 bits per heavy atom. The molecule has 0 radical (unpaired) electrons. The summed E-state index contributed by atoms with van der Waals surface area (Å²) in [5.41, 5.74) is -0.676. The lowest BCUT2D eigenvalue weighted by atomic mass is 10.1. The summed E-state index contributed by atoms with van der Waals surface area (Å²) < 4.78 is 14.1. The van der Waals surface area contributed by atoms with Gasteiger partial charge in [0.15, 0.2) is 0 Å². The number of ether oxygens (including phenoxy) is 3. The predicted molar refractivity (Wildman–Crippen MR) is 72.9 cm³/mol. The Labute approximate surface area is 123 Å². The molecule has 21 heavy (non-hydrogen) atoms. The summed E-state index contributed by atoms with van der Waals surface area (Å²) in [4.78, 5) is 33.6. The van der Waals surface area contributed by atoms with Crippen molar-refractivity contribution in [2.45, 2.75) is 46.3 Å². The van der Waals surface area contributed by atoms with Crippen LogP contribution in [0, 0.1) is 5.92 Å². The van der Waals surface area contributed by atoms with E-state index in [0.29, 0.717) is 0 Å². The minimum Gasteiger partial charge on any atom is -0.461 e. The van der Waals surface area contributed by atoms with Crippen molar-refractivity contribution in [1.82, 2.24) is 5.32 Å². The molecule has 1 unspecified atom stereocenters. The summed E-state index contributed by atoms with van der Waals surface area (Å²) >= 11 is 0. The fourth-order valence-electron chi connectivity index (χ4n) is 1.29. The van der Waals surface area contributed by atoms with Crippen LogP contribution in [0.4, 0.5) is 9.59 Å². The van der Waals surface area contributed by atoms with Crippen LogP contribution in [0.25, 0.3) is 0 Å². The van der Waals surface area contributed by atoms with Crippen molar-refractivity contribution in [3.05, 3.63) is 0 Å². The van der Waals surface area contributed by atoms with Crippen LogP contribution in [0.1, 0.15) is 34.6 Å². The second-order valence-electron chi connectivity index (χ2n) is 5.65. The lowest BCUT2D eigenvalue weighted by Crippen LogP contribution is -2.47. The fourth-order valence-corrected chi connectivity index (χ4v) is 1.29. The maximum Gasteiger partial charge on any atom is 0.505 e. The smallest absolute Gasteiger partial charge is 0.461 e. The first kappa shape index (κ1) is 19.0. The molecule has 0 aliphatic carbocycles. The van der Waals surface area contributed by atoms with E-state index in [1.54, 1.807) is 34.6 Å². The van der Waals surface area contributed by atoms with Crippen LogP contribution >= 0.6 is 0 Å². The first-order valence-electron chi connectivity index (χ1n) is 6.55. The zero-order valence-corrected chi connectivity index (χ0v) is 13.0. The number of amides is 1. The van der Waals surface area contributed by atoms with Gasteiger partial charge in [0.2, 0.25) is 0 Å². The van der Waals surface area contributed by atoms with Crippen LogP contribution in [-0.2, 0) is 19.0 Å². The maximum atomic E-state index is 11.8. The molecule has 0 aromatic heterocycles. The van der Waals surface area contributed by atoms with Crippen LogP contribution in [0.5, 0.6) is 0 Å². The summed E-state index contributed by atoms with van der Waals surface area (Å²) in [5, 5.41) is 10.7. The van der Waals surface area contributed by atoms with Crippen molar-refractivity contribution in [1.29, 1.82) is 0 Å². The first-order chi connectivity index (χ1) is 9.53. The zero-order chi connectivity index (χ0) is 16.6. The van der Waals surface area contributed by atoms with Crippen LogP contribution in [0.3, 0.4) is 0 Å².